The monoisotopic (exact) mass is 375 g/mol. The van der Waals surface area contributed by atoms with Crippen LogP contribution in [0.25, 0.3) is 0 Å². The molecule has 3 aromatic carbocycles. The van der Waals surface area contributed by atoms with Crippen molar-refractivity contribution in [2.45, 2.75) is 6.42 Å². The third-order valence-electron chi connectivity index (χ3n) is 4.20. The van der Waals surface area contributed by atoms with Crippen molar-refractivity contribution in [3.05, 3.63) is 95.6 Å². The number of methoxy groups -OCH3 is 1. The third kappa shape index (κ3) is 4.76. The lowest BCUT2D eigenvalue weighted by Gasteiger charge is -2.13. The van der Waals surface area contributed by atoms with Crippen LogP contribution in [0.4, 0.5) is 5.69 Å². The van der Waals surface area contributed by atoms with Crippen LogP contribution < -0.4 is 10.1 Å². The van der Waals surface area contributed by atoms with Gasteiger partial charge in [0.05, 0.1) is 30.5 Å². The third-order valence-corrected chi connectivity index (χ3v) is 4.20. The zero-order valence-electron chi connectivity index (χ0n) is 15.6. The van der Waals surface area contributed by atoms with Gasteiger partial charge in [-0.1, -0.05) is 54.6 Å². The van der Waals surface area contributed by atoms with Crippen LogP contribution in [-0.2, 0) is 11.2 Å². The number of carbonyl (C=O) groups is 2. The van der Waals surface area contributed by atoms with Gasteiger partial charge in [0, 0.05) is 6.42 Å². The molecule has 0 spiro atoms. The maximum absolute atomic E-state index is 12.8. The van der Waals surface area contributed by atoms with Crippen LogP contribution in [0.2, 0.25) is 0 Å². The molecule has 28 heavy (non-hydrogen) atoms. The summed E-state index contributed by atoms with van der Waals surface area (Å²) in [5.41, 5.74) is 2.24. The molecule has 0 heterocycles. The topological polar surface area (TPSA) is 64.6 Å². The number of amides is 1. The molecule has 5 nitrogen and oxygen atoms in total. The summed E-state index contributed by atoms with van der Waals surface area (Å²) in [5, 5.41) is 2.77. The Balaban J connectivity index is 1.72. The van der Waals surface area contributed by atoms with Crippen LogP contribution >= 0.6 is 0 Å². The Morgan fingerprint density at radius 1 is 0.821 bits per heavy atom. The van der Waals surface area contributed by atoms with Gasteiger partial charge in [-0.15, -0.1) is 0 Å². The predicted octanol–water partition coefficient (Wildman–Crippen LogP) is 4.35. The summed E-state index contributed by atoms with van der Waals surface area (Å²) in [7, 11) is 1.30. The van der Waals surface area contributed by atoms with Gasteiger partial charge in [0.25, 0.3) is 5.91 Å². The Labute approximate surface area is 163 Å². The first kappa shape index (κ1) is 19.2. The number of carbonyl (C=O) groups excluding carboxylic acids is 2. The average molecular weight is 375 g/mol. The Hall–Kier alpha value is -3.60. The number of rotatable bonds is 7. The fraction of sp³-hybridized carbons (Fsp3) is 0.130. The SMILES string of the molecule is COC(=O)c1ccccc1NC(=O)c1ccccc1OCCc1ccccc1. The quantitative estimate of drug-likeness (QED) is 0.624. The summed E-state index contributed by atoms with van der Waals surface area (Å²) in [5.74, 6) is -0.374. The van der Waals surface area contributed by atoms with Crippen molar-refractivity contribution in [1.29, 1.82) is 0 Å². The molecule has 3 aromatic rings. The van der Waals surface area contributed by atoms with Gasteiger partial charge in [-0.25, -0.2) is 4.79 Å². The first-order chi connectivity index (χ1) is 13.7. The smallest absolute Gasteiger partial charge is 0.339 e. The molecule has 0 unspecified atom stereocenters. The summed E-state index contributed by atoms with van der Waals surface area (Å²) in [4.78, 5) is 24.7. The lowest BCUT2D eigenvalue weighted by molar-refractivity contribution is 0.0602. The number of ether oxygens (including phenoxy) is 2. The number of anilines is 1. The minimum Gasteiger partial charge on any atom is -0.492 e. The molecule has 5 heteroatoms. The zero-order chi connectivity index (χ0) is 19.8. The Morgan fingerprint density at radius 3 is 2.21 bits per heavy atom. The van der Waals surface area contributed by atoms with Crippen molar-refractivity contribution in [3.63, 3.8) is 0 Å². The highest BCUT2D eigenvalue weighted by atomic mass is 16.5. The average Bonchev–Trinajstić information content (AvgIpc) is 2.74. The fourth-order valence-electron chi connectivity index (χ4n) is 2.77. The molecule has 1 N–H and O–H groups in total. The van der Waals surface area contributed by atoms with Crippen LogP contribution in [0.5, 0.6) is 5.75 Å². The van der Waals surface area contributed by atoms with Crippen LogP contribution in [0.1, 0.15) is 26.3 Å². The van der Waals surface area contributed by atoms with E-state index in [9.17, 15) is 9.59 Å². The lowest BCUT2D eigenvalue weighted by atomic mass is 10.1. The molecular weight excluding hydrogens is 354 g/mol. The van der Waals surface area contributed by atoms with E-state index in [1.54, 1.807) is 42.5 Å². The maximum atomic E-state index is 12.8. The first-order valence-electron chi connectivity index (χ1n) is 8.93. The number of nitrogens with one attached hydrogen (secondary N) is 1. The Kier molecular flexibility index (Phi) is 6.41. The van der Waals surface area contributed by atoms with Crippen molar-refractivity contribution in [2.75, 3.05) is 19.0 Å². The van der Waals surface area contributed by atoms with E-state index in [0.717, 1.165) is 12.0 Å². The summed E-state index contributed by atoms with van der Waals surface area (Å²) in [6.45, 7) is 0.451. The number of para-hydroxylation sites is 2. The second kappa shape index (κ2) is 9.37. The predicted molar refractivity (Wildman–Crippen MR) is 108 cm³/mol. The van der Waals surface area contributed by atoms with E-state index in [-0.39, 0.29) is 5.91 Å². The number of hydrogen-bond donors (Lipinski definition) is 1. The fourth-order valence-corrected chi connectivity index (χ4v) is 2.77. The van der Waals surface area contributed by atoms with Crippen LogP contribution in [0, 0.1) is 0 Å². The lowest BCUT2D eigenvalue weighted by Crippen LogP contribution is -2.17. The van der Waals surface area contributed by atoms with Gasteiger partial charge in [0.15, 0.2) is 0 Å². The maximum Gasteiger partial charge on any atom is 0.339 e. The van der Waals surface area contributed by atoms with E-state index in [1.807, 2.05) is 36.4 Å². The molecular formula is C23H21NO4. The summed E-state index contributed by atoms with van der Waals surface area (Å²) < 4.78 is 10.6. The van der Waals surface area contributed by atoms with Crippen LogP contribution in [-0.4, -0.2) is 25.6 Å². The standard InChI is InChI=1S/C23H21NO4/c1-27-23(26)18-11-5-7-13-20(18)24-22(25)19-12-6-8-14-21(19)28-16-15-17-9-3-2-4-10-17/h2-14H,15-16H2,1H3,(H,24,25). The molecule has 0 bridgehead atoms. The molecule has 0 aliphatic heterocycles. The molecule has 0 aromatic heterocycles. The van der Waals surface area contributed by atoms with Gasteiger partial charge >= 0.3 is 5.97 Å². The molecule has 0 saturated carbocycles. The largest absolute Gasteiger partial charge is 0.492 e. The summed E-state index contributed by atoms with van der Waals surface area (Å²) in [6, 6.07) is 23.7. The van der Waals surface area contributed by atoms with Crippen molar-refractivity contribution in [1.82, 2.24) is 0 Å². The first-order valence-corrected chi connectivity index (χ1v) is 8.93. The highest BCUT2D eigenvalue weighted by Gasteiger charge is 2.17. The van der Waals surface area contributed by atoms with E-state index in [1.165, 1.54) is 7.11 Å². The van der Waals surface area contributed by atoms with E-state index in [0.29, 0.717) is 29.2 Å². The van der Waals surface area contributed by atoms with Crippen LogP contribution in [0.15, 0.2) is 78.9 Å². The van der Waals surface area contributed by atoms with Gasteiger partial charge in [-0.3, -0.25) is 4.79 Å². The molecule has 0 atom stereocenters. The molecule has 0 fully saturated rings. The molecule has 142 valence electrons. The molecule has 0 aliphatic carbocycles. The van der Waals surface area contributed by atoms with Crippen molar-refractivity contribution >= 4 is 17.6 Å². The van der Waals surface area contributed by atoms with Gasteiger partial charge in [-0.2, -0.15) is 0 Å². The second-order valence-electron chi connectivity index (χ2n) is 6.07. The highest BCUT2D eigenvalue weighted by molar-refractivity contribution is 6.09. The van der Waals surface area contributed by atoms with Gasteiger partial charge in [0.2, 0.25) is 0 Å². The van der Waals surface area contributed by atoms with E-state index in [2.05, 4.69) is 5.32 Å². The normalized spacial score (nSPS) is 10.2. The summed E-state index contributed by atoms with van der Waals surface area (Å²) >= 11 is 0. The number of benzene rings is 3. The van der Waals surface area contributed by atoms with Crippen molar-refractivity contribution < 1.29 is 19.1 Å². The van der Waals surface area contributed by atoms with E-state index < -0.39 is 5.97 Å². The molecule has 1 amide bonds. The van der Waals surface area contributed by atoms with E-state index >= 15 is 0 Å². The van der Waals surface area contributed by atoms with Crippen LogP contribution in [0.3, 0.4) is 0 Å². The molecule has 0 saturated heterocycles. The van der Waals surface area contributed by atoms with E-state index in [4.69, 9.17) is 9.47 Å². The second-order valence-corrected chi connectivity index (χ2v) is 6.07. The summed E-state index contributed by atoms with van der Waals surface area (Å²) in [6.07, 6.45) is 0.738. The highest BCUT2D eigenvalue weighted by Crippen LogP contribution is 2.22. The molecule has 0 radical (unpaired) electrons. The minimum atomic E-state index is -0.511. The Bertz CT molecular complexity index is 954. The minimum absolute atomic E-state index is 0.292. The Morgan fingerprint density at radius 2 is 1.46 bits per heavy atom. The number of hydrogen-bond acceptors (Lipinski definition) is 4. The molecule has 3 rings (SSSR count). The van der Waals surface area contributed by atoms with Crippen molar-refractivity contribution in [3.8, 4) is 5.75 Å². The number of esters is 1. The van der Waals surface area contributed by atoms with Gasteiger partial charge in [-0.05, 0) is 29.8 Å². The molecule has 0 aliphatic rings. The van der Waals surface area contributed by atoms with Gasteiger partial charge < -0.3 is 14.8 Å². The van der Waals surface area contributed by atoms with Gasteiger partial charge in [0.1, 0.15) is 5.75 Å². The van der Waals surface area contributed by atoms with Crippen molar-refractivity contribution in [2.24, 2.45) is 0 Å². The zero-order valence-corrected chi connectivity index (χ0v) is 15.6.